The van der Waals surface area contributed by atoms with Crippen LogP contribution < -0.4 is 4.74 Å². The Kier molecular flexibility index (Phi) is 6.86. The zero-order valence-electron chi connectivity index (χ0n) is 18.1. The Labute approximate surface area is 186 Å². The van der Waals surface area contributed by atoms with Gasteiger partial charge in [0.15, 0.2) is 0 Å². The van der Waals surface area contributed by atoms with Gasteiger partial charge >= 0.3 is 0 Å². The van der Waals surface area contributed by atoms with Crippen LogP contribution in [0.5, 0.6) is 5.75 Å². The van der Waals surface area contributed by atoms with Gasteiger partial charge in [0.05, 0.1) is 23.9 Å². The summed E-state index contributed by atoms with van der Waals surface area (Å²) in [5.41, 5.74) is 2.83. The Morgan fingerprint density at radius 2 is 2.06 bits per heavy atom. The van der Waals surface area contributed by atoms with E-state index in [1.165, 1.54) is 24.1 Å². The standard InChI is InChI=1S/C25H22FN3O3/c1-16-11-24(21-7-5-18(13-23(21)31-4)25(30)29(2)3)32-15-19(9-10-28-16)17-6-8-22(26)20(12-17)14-27/h5-13H,1,15H2,2-4H3/b19-9+,24-11-,28-10-. The number of carbonyl (C=O) groups is 1. The second-order valence-corrected chi connectivity index (χ2v) is 7.18. The van der Waals surface area contributed by atoms with Gasteiger partial charge in [0.25, 0.3) is 5.91 Å². The molecule has 7 heteroatoms. The fraction of sp³-hybridized carbons (Fsp3) is 0.160. The quantitative estimate of drug-likeness (QED) is 0.717. The number of halogens is 1. The number of methoxy groups -OCH3 is 1. The third kappa shape index (κ3) is 4.93. The first-order valence-corrected chi connectivity index (χ1v) is 9.70. The van der Waals surface area contributed by atoms with Crippen molar-refractivity contribution in [2.24, 2.45) is 4.99 Å². The third-order valence-corrected chi connectivity index (χ3v) is 4.77. The molecule has 0 fully saturated rings. The van der Waals surface area contributed by atoms with E-state index in [9.17, 15) is 9.18 Å². The number of benzene rings is 2. The number of ether oxygens (including phenoxy) is 2. The maximum atomic E-state index is 13.7. The maximum Gasteiger partial charge on any atom is 0.253 e. The summed E-state index contributed by atoms with van der Waals surface area (Å²) in [7, 11) is 4.87. The normalized spacial score (nSPS) is 17.8. The molecule has 1 amide bonds. The van der Waals surface area contributed by atoms with Gasteiger partial charge in [0, 0.05) is 31.9 Å². The van der Waals surface area contributed by atoms with E-state index in [1.807, 2.05) is 6.07 Å². The van der Waals surface area contributed by atoms with Crippen LogP contribution in [0.25, 0.3) is 11.3 Å². The average molecular weight is 431 g/mol. The van der Waals surface area contributed by atoms with E-state index in [0.717, 1.165) is 0 Å². The summed E-state index contributed by atoms with van der Waals surface area (Å²) in [4.78, 5) is 18.1. The summed E-state index contributed by atoms with van der Waals surface area (Å²) >= 11 is 0. The van der Waals surface area contributed by atoms with Crippen LogP contribution in [0.15, 0.2) is 65.8 Å². The zero-order valence-corrected chi connectivity index (χ0v) is 18.1. The van der Waals surface area contributed by atoms with E-state index in [4.69, 9.17) is 14.7 Å². The van der Waals surface area contributed by atoms with Crippen molar-refractivity contribution < 1.29 is 18.7 Å². The largest absolute Gasteiger partial charge is 0.496 e. The monoisotopic (exact) mass is 431 g/mol. The molecular weight excluding hydrogens is 409 g/mol. The molecule has 2 aromatic carbocycles. The highest BCUT2D eigenvalue weighted by Crippen LogP contribution is 2.31. The van der Waals surface area contributed by atoms with E-state index < -0.39 is 5.82 Å². The highest BCUT2D eigenvalue weighted by molar-refractivity contribution is 5.95. The predicted molar refractivity (Wildman–Crippen MR) is 122 cm³/mol. The van der Waals surface area contributed by atoms with Gasteiger partial charge in [-0.1, -0.05) is 12.6 Å². The lowest BCUT2D eigenvalue weighted by Gasteiger charge is -2.17. The number of aliphatic imine (C=N–C) groups is 1. The minimum Gasteiger partial charge on any atom is -0.496 e. The van der Waals surface area contributed by atoms with Gasteiger partial charge in [-0.25, -0.2) is 4.39 Å². The van der Waals surface area contributed by atoms with Gasteiger partial charge in [-0.3, -0.25) is 9.79 Å². The van der Waals surface area contributed by atoms with E-state index in [1.54, 1.807) is 56.7 Å². The molecule has 2 aromatic rings. The van der Waals surface area contributed by atoms with Crippen molar-refractivity contribution in [2.75, 3.05) is 27.8 Å². The number of rotatable bonds is 4. The highest BCUT2D eigenvalue weighted by Gasteiger charge is 2.17. The molecule has 0 spiro atoms. The summed E-state index contributed by atoms with van der Waals surface area (Å²) in [6.07, 6.45) is 4.97. The second-order valence-electron chi connectivity index (χ2n) is 7.18. The molecule has 1 aliphatic rings. The molecule has 0 aliphatic carbocycles. The Morgan fingerprint density at radius 3 is 2.75 bits per heavy atom. The van der Waals surface area contributed by atoms with Crippen LogP contribution in [-0.2, 0) is 4.74 Å². The van der Waals surface area contributed by atoms with Gasteiger partial charge in [-0.05, 0) is 47.5 Å². The molecular formula is C25H22FN3O3. The van der Waals surface area contributed by atoms with E-state index in [-0.39, 0.29) is 18.1 Å². The van der Waals surface area contributed by atoms with Gasteiger partial charge < -0.3 is 14.4 Å². The SMILES string of the molecule is C=C1/C=C(/c2ccc(C(=O)N(C)C)cc2OC)OC/C(c2ccc(F)c(C#N)c2)=C\C=N/1. The topological polar surface area (TPSA) is 74.9 Å². The molecule has 1 aliphatic heterocycles. The smallest absolute Gasteiger partial charge is 0.253 e. The van der Waals surface area contributed by atoms with E-state index in [0.29, 0.717) is 39.5 Å². The Morgan fingerprint density at radius 1 is 1.28 bits per heavy atom. The van der Waals surface area contributed by atoms with Crippen LogP contribution in [0, 0.1) is 17.1 Å². The first-order chi connectivity index (χ1) is 15.3. The van der Waals surface area contributed by atoms with Crippen LogP contribution in [0.3, 0.4) is 0 Å². The predicted octanol–water partition coefficient (Wildman–Crippen LogP) is 4.45. The van der Waals surface area contributed by atoms with Gasteiger partial charge in [0.1, 0.15) is 30.0 Å². The summed E-state index contributed by atoms with van der Waals surface area (Å²) in [5, 5.41) is 9.14. The lowest BCUT2D eigenvalue weighted by molar-refractivity contribution is 0.0827. The molecule has 162 valence electrons. The Hall–Kier alpha value is -4.18. The minimum atomic E-state index is -0.583. The van der Waals surface area contributed by atoms with Crippen molar-refractivity contribution in [2.45, 2.75) is 0 Å². The molecule has 32 heavy (non-hydrogen) atoms. The van der Waals surface area contributed by atoms with Gasteiger partial charge in [-0.15, -0.1) is 0 Å². The molecule has 0 unspecified atom stereocenters. The second kappa shape index (κ2) is 9.75. The molecule has 0 saturated carbocycles. The summed E-state index contributed by atoms with van der Waals surface area (Å²) in [6, 6.07) is 11.2. The summed E-state index contributed by atoms with van der Waals surface area (Å²) in [6.45, 7) is 4.04. The Balaban J connectivity index is 1.98. The Bertz CT molecular complexity index is 1200. The number of amides is 1. The number of nitriles is 1. The number of nitrogens with zero attached hydrogens (tertiary/aromatic N) is 3. The van der Waals surface area contributed by atoms with Gasteiger partial charge in [0.2, 0.25) is 0 Å². The van der Waals surface area contributed by atoms with E-state index >= 15 is 0 Å². The number of hydrogen-bond acceptors (Lipinski definition) is 5. The van der Waals surface area contributed by atoms with Crippen molar-refractivity contribution >= 4 is 23.5 Å². The lowest BCUT2D eigenvalue weighted by atomic mass is 10.0. The van der Waals surface area contributed by atoms with Crippen LogP contribution in [0.2, 0.25) is 0 Å². The molecule has 6 nitrogen and oxygen atoms in total. The molecule has 0 atom stereocenters. The van der Waals surface area contributed by atoms with Crippen molar-refractivity contribution in [3.63, 3.8) is 0 Å². The number of hydrogen-bond donors (Lipinski definition) is 0. The molecule has 0 N–H and O–H groups in total. The van der Waals surface area contributed by atoms with Crippen LogP contribution in [0.1, 0.15) is 27.0 Å². The molecule has 1 heterocycles. The number of allylic oxidation sites excluding steroid dienone is 2. The first-order valence-electron chi connectivity index (χ1n) is 9.70. The first kappa shape index (κ1) is 22.5. The lowest BCUT2D eigenvalue weighted by Crippen LogP contribution is -2.21. The van der Waals surface area contributed by atoms with Crippen molar-refractivity contribution in [1.82, 2.24) is 4.90 Å². The number of carbonyl (C=O) groups excluding carboxylic acids is 1. The fourth-order valence-electron chi connectivity index (χ4n) is 3.09. The van der Waals surface area contributed by atoms with Crippen molar-refractivity contribution in [3.8, 4) is 11.8 Å². The van der Waals surface area contributed by atoms with Crippen molar-refractivity contribution in [3.05, 3.63) is 88.9 Å². The highest BCUT2D eigenvalue weighted by atomic mass is 19.1. The molecule has 0 aromatic heterocycles. The maximum absolute atomic E-state index is 13.7. The molecule has 3 rings (SSSR count). The van der Waals surface area contributed by atoms with Crippen LogP contribution >= 0.6 is 0 Å². The minimum absolute atomic E-state index is 0.0526. The van der Waals surface area contributed by atoms with Crippen LogP contribution in [0.4, 0.5) is 4.39 Å². The zero-order chi connectivity index (χ0) is 23.3. The molecule has 0 radical (unpaired) electrons. The third-order valence-electron chi connectivity index (χ3n) is 4.77. The fourth-order valence-corrected chi connectivity index (χ4v) is 3.09. The van der Waals surface area contributed by atoms with Crippen molar-refractivity contribution in [1.29, 1.82) is 5.26 Å². The van der Waals surface area contributed by atoms with E-state index in [2.05, 4.69) is 11.6 Å². The summed E-state index contributed by atoms with van der Waals surface area (Å²) < 4.78 is 25.3. The molecule has 0 saturated heterocycles. The molecule has 0 bridgehead atoms. The van der Waals surface area contributed by atoms with Gasteiger partial charge in [-0.2, -0.15) is 5.26 Å². The summed E-state index contributed by atoms with van der Waals surface area (Å²) in [5.74, 6) is 0.172. The van der Waals surface area contributed by atoms with Crippen LogP contribution in [-0.4, -0.2) is 44.8 Å². The average Bonchev–Trinajstić information content (AvgIpc) is 2.88.